The van der Waals surface area contributed by atoms with Crippen molar-refractivity contribution in [1.82, 2.24) is 9.21 Å². The molecule has 0 spiro atoms. The number of piperazine rings is 1. The molecule has 3 aromatic carbocycles. The van der Waals surface area contributed by atoms with Crippen LogP contribution in [0.2, 0.25) is 5.02 Å². The monoisotopic (exact) mass is 532 g/mol. The Bertz CT molecular complexity index is 1300. The van der Waals surface area contributed by atoms with Gasteiger partial charge < -0.3 is 9.47 Å². The second kappa shape index (κ2) is 11.7. The number of rotatable bonds is 9. The lowest BCUT2D eigenvalue weighted by atomic mass is 10.1. The summed E-state index contributed by atoms with van der Waals surface area (Å²) < 4.78 is 53.6. The molecule has 0 aliphatic carbocycles. The lowest BCUT2D eigenvalue weighted by molar-refractivity contribution is 0.00762. The van der Waals surface area contributed by atoms with Crippen LogP contribution in [-0.4, -0.2) is 57.5 Å². The lowest BCUT2D eigenvalue weighted by Crippen LogP contribution is -2.49. The van der Waals surface area contributed by atoms with Crippen LogP contribution in [0.5, 0.6) is 5.75 Å². The molecule has 1 aliphatic heterocycles. The van der Waals surface area contributed by atoms with Gasteiger partial charge in [0.15, 0.2) is 0 Å². The number of sulfonamides is 1. The molecule has 1 saturated heterocycles. The van der Waals surface area contributed by atoms with Crippen LogP contribution in [0, 0.1) is 12.7 Å². The third-order valence-corrected chi connectivity index (χ3v) is 8.41. The molecule has 1 atom stereocenters. The molecule has 0 unspecified atom stereocenters. The molecule has 1 heterocycles. The summed E-state index contributed by atoms with van der Waals surface area (Å²) in [7, 11) is -2.28. The van der Waals surface area contributed by atoms with Crippen LogP contribution in [0.25, 0.3) is 0 Å². The number of hydrogen-bond acceptors (Lipinski definition) is 5. The van der Waals surface area contributed by atoms with Crippen molar-refractivity contribution in [1.29, 1.82) is 0 Å². The number of aryl methyl sites for hydroxylation is 1. The van der Waals surface area contributed by atoms with E-state index in [1.807, 2.05) is 48.5 Å². The standard InChI is InChI=1S/C27H30ClFN2O4S/c1-20-9-10-25(29)27(15-20)36(32,33)31-13-11-30(12-14-31)18-26(22-6-4-8-24(17-22)34-2)35-19-21-5-3-7-23(28)16-21/h3-10,15-17,26H,11-14,18-19H2,1-2H3/t26-/m1/s1. The number of benzene rings is 3. The highest BCUT2D eigenvalue weighted by molar-refractivity contribution is 7.89. The molecule has 0 saturated carbocycles. The zero-order valence-electron chi connectivity index (χ0n) is 20.4. The van der Waals surface area contributed by atoms with Crippen LogP contribution in [0.3, 0.4) is 0 Å². The van der Waals surface area contributed by atoms with Gasteiger partial charge in [0.05, 0.1) is 19.8 Å². The summed E-state index contributed by atoms with van der Waals surface area (Å²) in [6.07, 6.45) is -0.267. The Morgan fingerprint density at radius 2 is 1.75 bits per heavy atom. The highest BCUT2D eigenvalue weighted by atomic mass is 35.5. The van der Waals surface area contributed by atoms with E-state index >= 15 is 0 Å². The third kappa shape index (κ3) is 6.44. The van der Waals surface area contributed by atoms with Crippen molar-refractivity contribution in [2.45, 2.75) is 24.5 Å². The van der Waals surface area contributed by atoms with Crippen molar-refractivity contribution >= 4 is 21.6 Å². The molecule has 36 heavy (non-hydrogen) atoms. The van der Waals surface area contributed by atoms with Gasteiger partial charge in [-0.1, -0.05) is 41.9 Å². The molecule has 192 valence electrons. The molecule has 6 nitrogen and oxygen atoms in total. The molecular weight excluding hydrogens is 503 g/mol. The van der Waals surface area contributed by atoms with E-state index in [0.29, 0.717) is 36.8 Å². The first-order valence-electron chi connectivity index (χ1n) is 11.7. The highest BCUT2D eigenvalue weighted by Gasteiger charge is 2.31. The van der Waals surface area contributed by atoms with E-state index in [-0.39, 0.29) is 24.1 Å². The molecular formula is C27H30ClFN2O4S. The van der Waals surface area contributed by atoms with Crippen molar-refractivity contribution < 1.29 is 22.3 Å². The van der Waals surface area contributed by atoms with Crippen LogP contribution in [0.1, 0.15) is 22.8 Å². The first-order chi connectivity index (χ1) is 17.3. The SMILES string of the molecule is COc1cccc([C@@H](CN2CCN(S(=O)(=O)c3cc(C)ccc3F)CC2)OCc2cccc(Cl)c2)c1. The number of ether oxygens (including phenoxy) is 2. The van der Waals surface area contributed by atoms with Gasteiger partial charge in [-0.3, -0.25) is 4.90 Å². The number of halogens is 2. The second-order valence-corrected chi connectivity index (χ2v) is 11.2. The number of nitrogens with zero attached hydrogens (tertiary/aromatic N) is 2. The summed E-state index contributed by atoms with van der Waals surface area (Å²) in [4.78, 5) is 1.90. The maximum Gasteiger partial charge on any atom is 0.246 e. The zero-order valence-corrected chi connectivity index (χ0v) is 21.9. The minimum absolute atomic E-state index is 0.267. The van der Waals surface area contributed by atoms with Crippen LogP contribution in [-0.2, 0) is 21.4 Å². The van der Waals surface area contributed by atoms with Crippen LogP contribution in [0.4, 0.5) is 4.39 Å². The predicted molar refractivity (Wildman–Crippen MR) is 138 cm³/mol. The number of hydrogen-bond donors (Lipinski definition) is 0. The number of methoxy groups -OCH3 is 1. The normalized spacial score (nSPS) is 16.1. The smallest absolute Gasteiger partial charge is 0.246 e. The molecule has 1 aliphatic rings. The fourth-order valence-electron chi connectivity index (χ4n) is 4.25. The molecule has 0 radical (unpaired) electrons. The minimum Gasteiger partial charge on any atom is -0.497 e. The fourth-order valence-corrected chi connectivity index (χ4v) is 6.04. The van der Waals surface area contributed by atoms with E-state index in [2.05, 4.69) is 4.90 Å². The van der Waals surface area contributed by atoms with Gasteiger partial charge in [0.1, 0.15) is 16.5 Å². The summed E-state index contributed by atoms with van der Waals surface area (Å²) in [6, 6.07) is 19.4. The Morgan fingerprint density at radius 3 is 2.47 bits per heavy atom. The first-order valence-corrected chi connectivity index (χ1v) is 13.6. The Labute approximate surface area is 217 Å². The van der Waals surface area contributed by atoms with Crippen LogP contribution >= 0.6 is 11.6 Å². The van der Waals surface area contributed by atoms with E-state index in [4.69, 9.17) is 21.1 Å². The average Bonchev–Trinajstić information content (AvgIpc) is 2.88. The first kappa shape index (κ1) is 26.6. The molecule has 4 rings (SSSR count). The lowest BCUT2D eigenvalue weighted by Gasteiger charge is -2.36. The van der Waals surface area contributed by atoms with Crippen LogP contribution < -0.4 is 4.74 Å². The Morgan fingerprint density at radius 1 is 1.00 bits per heavy atom. The van der Waals surface area contributed by atoms with Gasteiger partial charge in [-0.05, 0) is 60.0 Å². The minimum atomic E-state index is -3.91. The topological polar surface area (TPSA) is 59.1 Å². The van der Waals surface area contributed by atoms with Crippen molar-refractivity contribution in [3.8, 4) is 5.75 Å². The van der Waals surface area contributed by atoms with Gasteiger partial charge in [-0.25, -0.2) is 12.8 Å². The van der Waals surface area contributed by atoms with E-state index in [9.17, 15) is 12.8 Å². The van der Waals surface area contributed by atoms with Gasteiger partial charge in [-0.15, -0.1) is 0 Å². The third-order valence-electron chi connectivity index (χ3n) is 6.27. The van der Waals surface area contributed by atoms with Crippen molar-refractivity contribution in [2.24, 2.45) is 0 Å². The van der Waals surface area contributed by atoms with Crippen molar-refractivity contribution in [3.63, 3.8) is 0 Å². The largest absolute Gasteiger partial charge is 0.497 e. The predicted octanol–water partition coefficient (Wildman–Crippen LogP) is 5.06. The quantitative estimate of drug-likeness (QED) is 0.385. The zero-order chi connectivity index (χ0) is 25.7. The summed E-state index contributed by atoms with van der Waals surface area (Å²) in [6.45, 7) is 4.26. The van der Waals surface area contributed by atoms with E-state index in [1.165, 1.54) is 16.4 Å². The van der Waals surface area contributed by atoms with Crippen molar-refractivity contribution in [3.05, 3.63) is 94.3 Å². The van der Waals surface area contributed by atoms with E-state index in [0.717, 1.165) is 16.9 Å². The summed E-state index contributed by atoms with van der Waals surface area (Å²) >= 11 is 6.13. The molecule has 1 fully saturated rings. The molecule has 0 aromatic heterocycles. The molecule has 0 N–H and O–H groups in total. The summed E-state index contributed by atoms with van der Waals surface area (Å²) in [5.41, 5.74) is 2.63. The van der Waals surface area contributed by atoms with Crippen molar-refractivity contribution in [2.75, 3.05) is 39.8 Å². The van der Waals surface area contributed by atoms with E-state index in [1.54, 1.807) is 20.1 Å². The average molecular weight is 533 g/mol. The highest BCUT2D eigenvalue weighted by Crippen LogP contribution is 2.27. The maximum absolute atomic E-state index is 14.3. The van der Waals surface area contributed by atoms with E-state index < -0.39 is 15.8 Å². The molecule has 0 bridgehead atoms. The summed E-state index contributed by atoms with van der Waals surface area (Å²) in [5.74, 6) is 0.00971. The van der Waals surface area contributed by atoms with Gasteiger partial charge >= 0.3 is 0 Å². The molecule has 0 amide bonds. The fraction of sp³-hybridized carbons (Fsp3) is 0.333. The maximum atomic E-state index is 14.3. The molecule has 9 heteroatoms. The second-order valence-electron chi connectivity index (χ2n) is 8.84. The van der Waals surface area contributed by atoms with Gasteiger partial charge in [0.2, 0.25) is 10.0 Å². The van der Waals surface area contributed by atoms with Gasteiger partial charge in [0, 0.05) is 37.7 Å². The van der Waals surface area contributed by atoms with Gasteiger partial charge in [0.25, 0.3) is 0 Å². The van der Waals surface area contributed by atoms with Gasteiger partial charge in [-0.2, -0.15) is 4.31 Å². The Hall–Kier alpha value is -2.49. The summed E-state index contributed by atoms with van der Waals surface area (Å²) in [5, 5.41) is 0.649. The Balaban J connectivity index is 1.45. The Kier molecular flexibility index (Phi) is 8.64. The molecule has 3 aromatic rings. The van der Waals surface area contributed by atoms with Crippen LogP contribution in [0.15, 0.2) is 71.6 Å².